The Morgan fingerprint density at radius 2 is 2.38 bits per heavy atom. The fourth-order valence-electron chi connectivity index (χ4n) is 1.09. The summed E-state index contributed by atoms with van der Waals surface area (Å²) in [5.41, 5.74) is -0.474. The number of nitrogens with zero attached hydrogens (tertiary/aromatic N) is 1. The Labute approximate surface area is 93.6 Å². The molecule has 0 unspecified atom stereocenters. The van der Waals surface area contributed by atoms with Gasteiger partial charge in [0.25, 0.3) is 11.5 Å². The molecule has 2 rings (SSSR count). The molecule has 0 atom stereocenters. The number of carbonyl (C=O) groups is 1. The number of aromatic nitrogens is 2. The number of thiazole rings is 1. The van der Waals surface area contributed by atoms with Gasteiger partial charge in [0.1, 0.15) is 5.75 Å². The zero-order valence-electron chi connectivity index (χ0n) is 7.93. The molecule has 0 aliphatic carbocycles. The van der Waals surface area contributed by atoms with Crippen molar-refractivity contribution in [1.82, 2.24) is 9.97 Å². The quantitative estimate of drug-likeness (QED) is 0.719. The van der Waals surface area contributed by atoms with E-state index in [1.807, 2.05) is 0 Å². The maximum absolute atomic E-state index is 11.6. The largest absolute Gasteiger partial charge is 0.507 e. The van der Waals surface area contributed by atoms with Crippen LogP contribution in [0.5, 0.6) is 5.75 Å². The average molecular weight is 237 g/mol. The number of pyridine rings is 1. The molecule has 0 spiro atoms. The van der Waals surface area contributed by atoms with Crippen molar-refractivity contribution >= 4 is 22.4 Å². The fourth-order valence-corrected chi connectivity index (χ4v) is 1.62. The van der Waals surface area contributed by atoms with Gasteiger partial charge >= 0.3 is 0 Å². The Morgan fingerprint density at radius 1 is 1.56 bits per heavy atom. The van der Waals surface area contributed by atoms with Crippen LogP contribution < -0.4 is 10.9 Å². The molecule has 2 aromatic heterocycles. The van der Waals surface area contributed by atoms with Gasteiger partial charge in [-0.2, -0.15) is 0 Å². The molecular formula is C9H7N3O3S. The highest BCUT2D eigenvalue weighted by molar-refractivity contribution is 7.13. The standard InChI is InChI=1S/C9H7N3O3S/c13-6-3-7(14)11-4-5(6)8(15)12-9-10-1-2-16-9/h1-4H,(H,10,12,15)(H2,11,13,14). The number of hydrogen-bond acceptors (Lipinski definition) is 5. The number of anilines is 1. The first-order valence-corrected chi connectivity index (χ1v) is 5.17. The topological polar surface area (TPSA) is 95.1 Å². The predicted octanol–water partition coefficient (Wildman–Crippen LogP) is 0.789. The monoisotopic (exact) mass is 237 g/mol. The summed E-state index contributed by atoms with van der Waals surface area (Å²) in [4.78, 5) is 28.6. The van der Waals surface area contributed by atoms with Crippen LogP contribution in [0, 0.1) is 0 Å². The van der Waals surface area contributed by atoms with Crippen LogP contribution in [0.2, 0.25) is 0 Å². The smallest absolute Gasteiger partial charge is 0.262 e. The number of amides is 1. The van der Waals surface area contributed by atoms with Crippen molar-refractivity contribution in [3.63, 3.8) is 0 Å². The fraction of sp³-hybridized carbons (Fsp3) is 0. The van der Waals surface area contributed by atoms with Gasteiger partial charge in [-0.15, -0.1) is 11.3 Å². The van der Waals surface area contributed by atoms with Crippen LogP contribution in [0.15, 0.2) is 28.6 Å². The van der Waals surface area contributed by atoms with E-state index in [0.29, 0.717) is 5.13 Å². The van der Waals surface area contributed by atoms with E-state index in [1.165, 1.54) is 11.3 Å². The lowest BCUT2D eigenvalue weighted by Crippen LogP contribution is -2.14. The van der Waals surface area contributed by atoms with Gasteiger partial charge in [-0.05, 0) is 0 Å². The first-order chi connectivity index (χ1) is 7.66. The van der Waals surface area contributed by atoms with Crippen molar-refractivity contribution in [3.05, 3.63) is 39.8 Å². The summed E-state index contributed by atoms with van der Waals surface area (Å²) in [5.74, 6) is -0.887. The highest BCUT2D eigenvalue weighted by Gasteiger charge is 2.12. The van der Waals surface area contributed by atoms with Crippen molar-refractivity contribution < 1.29 is 9.90 Å². The zero-order valence-corrected chi connectivity index (χ0v) is 8.75. The lowest BCUT2D eigenvalue weighted by atomic mass is 10.2. The molecule has 0 aliphatic heterocycles. The van der Waals surface area contributed by atoms with Crippen LogP contribution >= 0.6 is 11.3 Å². The van der Waals surface area contributed by atoms with Gasteiger partial charge in [0.15, 0.2) is 5.13 Å². The lowest BCUT2D eigenvalue weighted by molar-refractivity contribution is 0.102. The second kappa shape index (κ2) is 4.15. The molecule has 16 heavy (non-hydrogen) atoms. The maximum Gasteiger partial charge on any atom is 0.262 e. The first kappa shape index (κ1) is 10.4. The normalized spacial score (nSPS) is 10.0. The third-order valence-corrected chi connectivity index (χ3v) is 2.49. The molecule has 2 heterocycles. The summed E-state index contributed by atoms with van der Waals surface area (Å²) in [5, 5.41) is 14.0. The zero-order chi connectivity index (χ0) is 11.5. The average Bonchev–Trinajstić information content (AvgIpc) is 2.70. The molecule has 0 fully saturated rings. The van der Waals surface area contributed by atoms with Crippen LogP contribution in [0.25, 0.3) is 0 Å². The number of rotatable bonds is 2. The van der Waals surface area contributed by atoms with Crippen molar-refractivity contribution in [2.24, 2.45) is 0 Å². The number of aromatic amines is 1. The molecule has 0 saturated heterocycles. The molecule has 82 valence electrons. The minimum absolute atomic E-state index is 0.00481. The van der Waals surface area contributed by atoms with Crippen molar-refractivity contribution in [2.45, 2.75) is 0 Å². The van der Waals surface area contributed by atoms with Gasteiger partial charge in [0, 0.05) is 23.8 Å². The molecule has 0 aliphatic rings. The third kappa shape index (κ3) is 2.09. The SMILES string of the molecule is O=C(Nc1nccs1)c1c[nH]c(=O)cc1O. The molecule has 7 heteroatoms. The van der Waals surface area contributed by atoms with E-state index in [0.717, 1.165) is 12.3 Å². The van der Waals surface area contributed by atoms with E-state index in [1.54, 1.807) is 11.6 Å². The van der Waals surface area contributed by atoms with Crippen molar-refractivity contribution in [3.8, 4) is 5.75 Å². The van der Waals surface area contributed by atoms with Crippen molar-refractivity contribution in [2.75, 3.05) is 5.32 Å². The molecule has 2 aromatic rings. The Kier molecular flexibility index (Phi) is 2.69. The molecule has 0 aromatic carbocycles. The Morgan fingerprint density at radius 3 is 3.00 bits per heavy atom. The summed E-state index contributed by atoms with van der Waals surface area (Å²) in [6.07, 6.45) is 2.70. The van der Waals surface area contributed by atoms with Gasteiger partial charge in [-0.1, -0.05) is 0 Å². The number of hydrogen-bond donors (Lipinski definition) is 3. The van der Waals surface area contributed by atoms with Crippen LogP contribution in [-0.2, 0) is 0 Å². The molecule has 0 saturated carbocycles. The number of nitrogens with one attached hydrogen (secondary N) is 2. The lowest BCUT2D eigenvalue weighted by Gasteiger charge is -2.02. The van der Waals surface area contributed by atoms with Crippen LogP contribution in [0.4, 0.5) is 5.13 Å². The Balaban J connectivity index is 2.24. The van der Waals surface area contributed by atoms with E-state index >= 15 is 0 Å². The van der Waals surface area contributed by atoms with E-state index < -0.39 is 11.5 Å². The van der Waals surface area contributed by atoms with Gasteiger partial charge < -0.3 is 10.1 Å². The second-order valence-electron chi connectivity index (χ2n) is 2.89. The van der Waals surface area contributed by atoms with E-state index in [2.05, 4.69) is 15.3 Å². The third-order valence-electron chi connectivity index (χ3n) is 1.80. The predicted molar refractivity (Wildman–Crippen MR) is 58.8 cm³/mol. The summed E-state index contributed by atoms with van der Waals surface area (Å²) in [7, 11) is 0. The molecule has 3 N–H and O–H groups in total. The van der Waals surface area contributed by atoms with E-state index in [-0.39, 0.29) is 11.3 Å². The summed E-state index contributed by atoms with van der Waals surface area (Å²) in [6.45, 7) is 0. The highest BCUT2D eigenvalue weighted by Crippen LogP contribution is 2.16. The minimum atomic E-state index is -0.524. The second-order valence-corrected chi connectivity index (χ2v) is 3.78. The molecule has 6 nitrogen and oxygen atoms in total. The van der Waals surface area contributed by atoms with Crippen LogP contribution in [0.3, 0.4) is 0 Å². The van der Waals surface area contributed by atoms with Gasteiger partial charge in [0.05, 0.1) is 5.56 Å². The molecule has 1 amide bonds. The van der Waals surface area contributed by atoms with Gasteiger partial charge in [-0.25, -0.2) is 4.98 Å². The Bertz CT molecular complexity index is 562. The minimum Gasteiger partial charge on any atom is -0.507 e. The number of carbonyl (C=O) groups excluding carboxylic acids is 1. The Hall–Kier alpha value is -2.15. The van der Waals surface area contributed by atoms with Crippen LogP contribution in [0.1, 0.15) is 10.4 Å². The summed E-state index contributed by atoms with van der Waals surface area (Å²) >= 11 is 1.26. The summed E-state index contributed by atoms with van der Waals surface area (Å²) in [6, 6.07) is 0.941. The van der Waals surface area contributed by atoms with E-state index in [9.17, 15) is 14.7 Å². The first-order valence-electron chi connectivity index (χ1n) is 4.29. The van der Waals surface area contributed by atoms with Gasteiger partial charge in [-0.3, -0.25) is 14.9 Å². The van der Waals surface area contributed by atoms with Gasteiger partial charge in [0.2, 0.25) is 0 Å². The van der Waals surface area contributed by atoms with E-state index in [4.69, 9.17) is 0 Å². The molecular weight excluding hydrogens is 230 g/mol. The highest BCUT2D eigenvalue weighted by atomic mass is 32.1. The van der Waals surface area contributed by atoms with Crippen molar-refractivity contribution in [1.29, 1.82) is 0 Å². The molecule has 0 radical (unpaired) electrons. The summed E-state index contributed by atoms with van der Waals surface area (Å²) < 4.78 is 0. The number of aromatic hydroxyl groups is 1. The molecule has 0 bridgehead atoms. The number of H-pyrrole nitrogens is 1. The maximum atomic E-state index is 11.6. The van der Waals surface area contributed by atoms with Crippen LogP contribution in [-0.4, -0.2) is 21.0 Å².